The lowest BCUT2D eigenvalue weighted by molar-refractivity contribution is -0.117. The van der Waals surface area contributed by atoms with E-state index in [4.69, 9.17) is 5.26 Å². The number of carbonyl (C=O) groups excluding carboxylic acids is 1. The third-order valence-corrected chi connectivity index (χ3v) is 4.61. The molecular formula is C13H15N3O4S. The van der Waals surface area contributed by atoms with Crippen molar-refractivity contribution in [3.8, 4) is 11.8 Å². The fraction of sp³-hybridized carbons (Fsp3) is 0.385. The van der Waals surface area contributed by atoms with Gasteiger partial charge in [0.25, 0.3) is 5.91 Å². The summed E-state index contributed by atoms with van der Waals surface area (Å²) in [5.74, 6) is -0.939. The summed E-state index contributed by atoms with van der Waals surface area (Å²) in [7, 11) is -3.92. The fourth-order valence-electron chi connectivity index (χ4n) is 2.04. The first-order valence-corrected chi connectivity index (χ1v) is 7.82. The number of rotatable bonds is 4. The van der Waals surface area contributed by atoms with Crippen LogP contribution in [0.5, 0.6) is 5.75 Å². The lowest BCUT2D eigenvalue weighted by atomic mass is 10.0. The van der Waals surface area contributed by atoms with E-state index in [1.165, 1.54) is 12.1 Å². The van der Waals surface area contributed by atoms with Gasteiger partial charge >= 0.3 is 10.2 Å². The Balaban J connectivity index is 2.21. The van der Waals surface area contributed by atoms with Crippen LogP contribution < -0.4 is 9.03 Å². The molecule has 112 valence electrons. The molecule has 1 heterocycles. The topological polar surface area (TPSA) is 111 Å². The van der Waals surface area contributed by atoms with Crippen molar-refractivity contribution >= 4 is 21.8 Å². The highest BCUT2D eigenvalue weighted by atomic mass is 32.2. The molecular weight excluding hydrogens is 294 g/mol. The van der Waals surface area contributed by atoms with Crippen LogP contribution in [0.15, 0.2) is 18.2 Å². The normalized spacial score (nSPS) is 18.1. The largest absolute Gasteiger partial charge is 0.506 e. The second-order valence-corrected chi connectivity index (χ2v) is 6.52. The van der Waals surface area contributed by atoms with Crippen molar-refractivity contribution in [1.29, 1.82) is 5.26 Å². The molecule has 0 aliphatic carbocycles. The number of nitrogens with zero attached hydrogens (tertiary/aromatic N) is 2. The molecule has 2 rings (SSSR count). The first-order chi connectivity index (χ1) is 9.83. The van der Waals surface area contributed by atoms with E-state index in [0.717, 1.165) is 9.87 Å². The third-order valence-electron chi connectivity index (χ3n) is 3.22. The molecule has 7 nitrogen and oxygen atoms in total. The van der Waals surface area contributed by atoms with Gasteiger partial charge in [-0.2, -0.15) is 13.7 Å². The summed E-state index contributed by atoms with van der Waals surface area (Å²) in [5, 5.41) is 18.7. The zero-order chi connectivity index (χ0) is 15.6. The van der Waals surface area contributed by atoms with Gasteiger partial charge in [0.05, 0.1) is 11.8 Å². The number of phenols is 1. The molecule has 0 spiro atoms. The molecule has 0 saturated carbocycles. The number of nitrogens with one attached hydrogen (secondary N) is 1. The second kappa shape index (κ2) is 5.61. The Bertz CT molecular complexity index is 709. The Morgan fingerprint density at radius 1 is 1.52 bits per heavy atom. The van der Waals surface area contributed by atoms with E-state index >= 15 is 0 Å². The smallest absolute Gasteiger partial charge is 0.326 e. The zero-order valence-corrected chi connectivity index (χ0v) is 12.2. The van der Waals surface area contributed by atoms with Crippen molar-refractivity contribution < 1.29 is 18.3 Å². The minimum atomic E-state index is -3.92. The standard InChI is InChI=1S/C13H15N3O4S/c1-9(7-14)2-3-10-4-5-11(12(17)6-10)16-8-13(18)15-21(16,19)20/h4-6,9,17H,2-3,8H2,1H3,(H,15,18). The Morgan fingerprint density at radius 2 is 2.24 bits per heavy atom. The van der Waals surface area contributed by atoms with Crippen molar-refractivity contribution in [2.24, 2.45) is 5.92 Å². The van der Waals surface area contributed by atoms with Crippen LogP contribution in [0.2, 0.25) is 0 Å². The molecule has 21 heavy (non-hydrogen) atoms. The van der Waals surface area contributed by atoms with Gasteiger partial charge in [-0.15, -0.1) is 0 Å². The number of nitriles is 1. The summed E-state index contributed by atoms with van der Waals surface area (Å²) in [6, 6.07) is 6.72. The molecule has 0 radical (unpaired) electrons. The van der Waals surface area contributed by atoms with Crippen LogP contribution >= 0.6 is 0 Å². The lowest BCUT2D eigenvalue weighted by Gasteiger charge is -2.16. The molecule has 8 heteroatoms. The van der Waals surface area contributed by atoms with Gasteiger partial charge in [0.2, 0.25) is 0 Å². The Morgan fingerprint density at radius 3 is 2.76 bits per heavy atom. The van der Waals surface area contributed by atoms with Crippen molar-refractivity contribution in [2.75, 3.05) is 10.8 Å². The van der Waals surface area contributed by atoms with Crippen molar-refractivity contribution in [3.05, 3.63) is 23.8 Å². The number of hydrogen-bond donors (Lipinski definition) is 2. The summed E-state index contributed by atoms with van der Waals surface area (Å²) in [4.78, 5) is 11.2. The van der Waals surface area contributed by atoms with Crippen LogP contribution in [0.25, 0.3) is 0 Å². The molecule has 1 aromatic rings. The van der Waals surface area contributed by atoms with Gasteiger partial charge in [-0.25, -0.2) is 9.03 Å². The maximum absolute atomic E-state index is 11.7. The van der Waals surface area contributed by atoms with Gasteiger partial charge in [-0.05, 0) is 37.5 Å². The molecule has 1 saturated heterocycles. The molecule has 2 N–H and O–H groups in total. The Hall–Kier alpha value is -2.27. The number of aryl methyl sites for hydroxylation is 1. The Labute approximate surface area is 123 Å². The van der Waals surface area contributed by atoms with E-state index in [2.05, 4.69) is 6.07 Å². The van der Waals surface area contributed by atoms with Crippen LogP contribution in [-0.2, 0) is 21.4 Å². The summed E-state index contributed by atoms with van der Waals surface area (Å²) in [6.07, 6.45) is 1.25. The number of carbonyl (C=O) groups is 1. The van der Waals surface area contributed by atoms with Crippen LogP contribution in [-0.4, -0.2) is 26.0 Å². The summed E-state index contributed by atoms with van der Waals surface area (Å²) < 4.78 is 26.1. The van der Waals surface area contributed by atoms with E-state index in [-0.39, 0.29) is 23.9 Å². The number of anilines is 1. The summed E-state index contributed by atoms with van der Waals surface area (Å²) in [5.41, 5.74) is 0.861. The highest BCUT2D eigenvalue weighted by molar-refractivity contribution is 7.92. The van der Waals surface area contributed by atoms with Gasteiger partial charge in [0.1, 0.15) is 12.3 Å². The molecule has 1 atom stereocenters. The molecule has 1 aliphatic rings. The number of aromatic hydroxyl groups is 1. The number of phenolic OH excluding ortho intramolecular Hbond substituents is 1. The lowest BCUT2D eigenvalue weighted by Crippen LogP contribution is -2.29. The fourth-order valence-corrected chi connectivity index (χ4v) is 3.21. The summed E-state index contributed by atoms with van der Waals surface area (Å²) in [6.45, 7) is 1.46. The first-order valence-electron chi connectivity index (χ1n) is 6.38. The highest BCUT2D eigenvalue weighted by Gasteiger charge is 2.35. The van der Waals surface area contributed by atoms with Gasteiger partial charge in [0.15, 0.2) is 0 Å². The van der Waals surface area contributed by atoms with Crippen LogP contribution in [0, 0.1) is 17.2 Å². The molecule has 1 unspecified atom stereocenters. The number of hydrogen-bond acceptors (Lipinski definition) is 5. The van der Waals surface area contributed by atoms with E-state index in [0.29, 0.717) is 12.8 Å². The van der Waals surface area contributed by atoms with Crippen LogP contribution in [0.3, 0.4) is 0 Å². The monoisotopic (exact) mass is 309 g/mol. The molecule has 0 aromatic heterocycles. The molecule has 1 aromatic carbocycles. The predicted molar refractivity (Wildman–Crippen MR) is 75.6 cm³/mol. The van der Waals surface area contributed by atoms with Crippen LogP contribution in [0.4, 0.5) is 5.69 Å². The van der Waals surface area contributed by atoms with Crippen molar-refractivity contribution in [2.45, 2.75) is 19.8 Å². The minimum Gasteiger partial charge on any atom is -0.506 e. The SMILES string of the molecule is CC(C#N)CCc1ccc(N2CC(=O)NS2(=O)=O)c(O)c1. The highest BCUT2D eigenvalue weighted by Crippen LogP contribution is 2.31. The maximum Gasteiger partial charge on any atom is 0.326 e. The molecule has 1 aliphatic heterocycles. The Kier molecular flexibility index (Phi) is 4.04. The van der Waals surface area contributed by atoms with E-state index in [1.54, 1.807) is 6.07 Å². The predicted octanol–water partition coefficient (Wildman–Crippen LogP) is 0.665. The average molecular weight is 309 g/mol. The van der Waals surface area contributed by atoms with Crippen molar-refractivity contribution in [3.63, 3.8) is 0 Å². The number of amides is 1. The third kappa shape index (κ3) is 3.25. The molecule has 0 bridgehead atoms. The van der Waals surface area contributed by atoms with Crippen LogP contribution in [0.1, 0.15) is 18.9 Å². The second-order valence-electron chi connectivity index (χ2n) is 4.93. The quantitative estimate of drug-likeness (QED) is 0.849. The molecule has 1 amide bonds. The maximum atomic E-state index is 11.7. The van der Waals surface area contributed by atoms with E-state index < -0.39 is 16.1 Å². The van der Waals surface area contributed by atoms with E-state index in [9.17, 15) is 18.3 Å². The molecule has 1 fully saturated rings. The van der Waals surface area contributed by atoms with E-state index in [1.807, 2.05) is 11.6 Å². The van der Waals surface area contributed by atoms with Crippen molar-refractivity contribution in [1.82, 2.24) is 4.72 Å². The van der Waals surface area contributed by atoms with Gasteiger partial charge in [0, 0.05) is 5.92 Å². The van der Waals surface area contributed by atoms with Gasteiger partial charge in [-0.1, -0.05) is 6.07 Å². The average Bonchev–Trinajstić information content (AvgIpc) is 2.69. The number of benzene rings is 1. The minimum absolute atomic E-state index is 0.0606. The van der Waals surface area contributed by atoms with Gasteiger partial charge in [-0.3, -0.25) is 4.79 Å². The summed E-state index contributed by atoms with van der Waals surface area (Å²) >= 11 is 0. The first kappa shape index (κ1) is 15.1. The van der Waals surface area contributed by atoms with Gasteiger partial charge < -0.3 is 5.11 Å². The zero-order valence-electron chi connectivity index (χ0n) is 11.4.